The molecule has 0 aliphatic heterocycles. The zero-order chi connectivity index (χ0) is 16.1. The Bertz CT molecular complexity index is 1080. The summed E-state index contributed by atoms with van der Waals surface area (Å²) in [5.41, 5.74) is 4.52. The first-order valence-corrected chi connectivity index (χ1v) is 8.10. The molecule has 0 amide bonds. The number of aromatic amines is 2. The molecule has 0 atom stereocenters. The molecule has 0 saturated carbocycles. The summed E-state index contributed by atoms with van der Waals surface area (Å²) in [5, 5.41) is 12.3. The minimum Gasteiger partial charge on any atom is -0.307 e. The Kier molecular flexibility index (Phi) is 2.87. The molecular weight excluding hydrogens is 324 g/mol. The van der Waals surface area contributed by atoms with Gasteiger partial charge >= 0.3 is 0 Å². The summed E-state index contributed by atoms with van der Waals surface area (Å²) in [5.74, 6) is 0.671. The van der Waals surface area contributed by atoms with Crippen LogP contribution in [0.4, 0.5) is 0 Å². The molecule has 5 rings (SSSR count). The number of nitrogens with zero attached hydrogens (tertiary/aromatic N) is 4. The SMILES string of the molecule is ClC1=CCCC=C1n1cc(-c2nc3cc4c[nH][nH]c4cc3n2)cn1. The molecule has 1 aliphatic rings. The van der Waals surface area contributed by atoms with Crippen molar-refractivity contribution in [2.45, 2.75) is 12.8 Å². The number of hydrogen-bond donors (Lipinski definition) is 2. The smallest absolute Gasteiger partial charge is 0.163 e. The summed E-state index contributed by atoms with van der Waals surface area (Å²) in [4.78, 5) is 9.26. The first kappa shape index (κ1) is 13.6. The van der Waals surface area contributed by atoms with Crippen LogP contribution in [0.15, 0.2) is 47.9 Å². The van der Waals surface area contributed by atoms with Crippen LogP contribution in [0.5, 0.6) is 0 Å². The highest BCUT2D eigenvalue weighted by atomic mass is 35.5. The fourth-order valence-corrected chi connectivity index (χ4v) is 3.25. The molecule has 1 aliphatic carbocycles. The van der Waals surface area contributed by atoms with Gasteiger partial charge < -0.3 is 10.2 Å². The maximum absolute atomic E-state index is 6.28. The summed E-state index contributed by atoms with van der Waals surface area (Å²) in [6, 6.07) is 4.01. The Morgan fingerprint density at radius 2 is 1.92 bits per heavy atom. The number of H-pyrrole nitrogens is 2. The number of aromatic nitrogens is 6. The number of hydrogen-bond acceptors (Lipinski definition) is 3. The summed E-state index contributed by atoms with van der Waals surface area (Å²) >= 11 is 6.28. The molecule has 24 heavy (non-hydrogen) atoms. The van der Waals surface area contributed by atoms with E-state index in [1.807, 2.05) is 30.6 Å². The van der Waals surface area contributed by atoms with Crippen molar-refractivity contribution in [1.82, 2.24) is 29.9 Å². The largest absolute Gasteiger partial charge is 0.307 e. The molecule has 0 fully saturated rings. The second-order valence-electron chi connectivity index (χ2n) is 5.78. The molecule has 0 saturated heterocycles. The third-order valence-electron chi connectivity index (χ3n) is 4.19. The zero-order valence-electron chi connectivity index (χ0n) is 12.6. The number of allylic oxidation sites excluding steroid dienone is 4. The summed E-state index contributed by atoms with van der Waals surface area (Å²) in [7, 11) is 0. The van der Waals surface area contributed by atoms with Gasteiger partial charge in [0.05, 0.1) is 39.0 Å². The summed E-state index contributed by atoms with van der Waals surface area (Å²) < 4.78 is 1.79. The van der Waals surface area contributed by atoms with E-state index < -0.39 is 0 Å². The van der Waals surface area contributed by atoms with E-state index in [0.29, 0.717) is 5.82 Å². The van der Waals surface area contributed by atoms with Crippen LogP contribution in [0.1, 0.15) is 12.8 Å². The molecule has 118 valence electrons. The molecule has 6 nitrogen and oxygen atoms in total. The van der Waals surface area contributed by atoms with Crippen LogP contribution in [-0.4, -0.2) is 29.9 Å². The van der Waals surface area contributed by atoms with E-state index in [1.54, 1.807) is 10.9 Å². The maximum Gasteiger partial charge on any atom is 0.163 e. The van der Waals surface area contributed by atoms with E-state index in [2.05, 4.69) is 31.3 Å². The van der Waals surface area contributed by atoms with Crippen molar-refractivity contribution in [1.29, 1.82) is 0 Å². The fourth-order valence-electron chi connectivity index (χ4n) is 2.98. The fraction of sp³-hybridized carbons (Fsp3) is 0.118. The van der Waals surface area contributed by atoms with Crippen LogP contribution in [0.3, 0.4) is 0 Å². The summed E-state index contributed by atoms with van der Waals surface area (Å²) in [6.07, 6.45) is 11.7. The second kappa shape index (κ2) is 5.07. The average Bonchev–Trinajstić information content (AvgIpc) is 3.31. The van der Waals surface area contributed by atoms with Crippen molar-refractivity contribution in [3.63, 3.8) is 0 Å². The van der Waals surface area contributed by atoms with Crippen molar-refractivity contribution in [2.75, 3.05) is 0 Å². The highest BCUT2D eigenvalue weighted by molar-refractivity contribution is 6.35. The van der Waals surface area contributed by atoms with Gasteiger partial charge in [-0.2, -0.15) is 5.10 Å². The van der Waals surface area contributed by atoms with E-state index in [4.69, 9.17) is 11.6 Å². The van der Waals surface area contributed by atoms with Crippen molar-refractivity contribution < 1.29 is 0 Å². The minimum atomic E-state index is 0.671. The molecule has 0 bridgehead atoms. The number of imidazole rings is 1. The topological polar surface area (TPSA) is 75.2 Å². The molecule has 0 unspecified atom stereocenters. The molecule has 0 spiro atoms. The second-order valence-corrected chi connectivity index (χ2v) is 6.19. The Hall–Kier alpha value is -2.86. The number of rotatable bonds is 2. The van der Waals surface area contributed by atoms with E-state index >= 15 is 0 Å². The van der Waals surface area contributed by atoms with Crippen LogP contribution in [0.2, 0.25) is 0 Å². The molecule has 0 radical (unpaired) electrons. The molecule has 7 heteroatoms. The van der Waals surface area contributed by atoms with E-state index in [0.717, 1.165) is 51.1 Å². The highest BCUT2D eigenvalue weighted by Gasteiger charge is 2.14. The van der Waals surface area contributed by atoms with Gasteiger partial charge in [-0.25, -0.2) is 14.6 Å². The number of benzene rings is 1. The van der Waals surface area contributed by atoms with E-state index in [-0.39, 0.29) is 0 Å². The number of halogens is 1. The molecule has 1 aromatic carbocycles. The third-order valence-corrected chi connectivity index (χ3v) is 4.54. The van der Waals surface area contributed by atoms with Gasteiger partial charge in [0.1, 0.15) is 0 Å². The first-order chi connectivity index (χ1) is 11.8. The highest BCUT2D eigenvalue weighted by Crippen LogP contribution is 2.28. The van der Waals surface area contributed by atoms with Crippen LogP contribution < -0.4 is 0 Å². The lowest BCUT2D eigenvalue weighted by Gasteiger charge is -2.10. The molecule has 3 aromatic heterocycles. The van der Waals surface area contributed by atoms with Gasteiger partial charge in [-0.3, -0.25) is 0 Å². The maximum atomic E-state index is 6.28. The monoisotopic (exact) mass is 336 g/mol. The lowest BCUT2D eigenvalue weighted by molar-refractivity contribution is 0.885. The Morgan fingerprint density at radius 1 is 1.08 bits per heavy atom. The quantitative estimate of drug-likeness (QED) is 0.579. The van der Waals surface area contributed by atoms with Crippen molar-refractivity contribution in [3.8, 4) is 11.4 Å². The first-order valence-electron chi connectivity index (χ1n) is 7.73. The van der Waals surface area contributed by atoms with Crippen LogP contribution in [-0.2, 0) is 0 Å². The van der Waals surface area contributed by atoms with E-state index in [9.17, 15) is 0 Å². The predicted octanol–water partition coefficient (Wildman–Crippen LogP) is 4.06. The lowest BCUT2D eigenvalue weighted by Crippen LogP contribution is -2.00. The Labute approximate surface area is 141 Å². The Morgan fingerprint density at radius 3 is 2.79 bits per heavy atom. The van der Waals surface area contributed by atoms with Crippen LogP contribution in [0, 0.1) is 0 Å². The lowest BCUT2D eigenvalue weighted by atomic mass is 10.1. The van der Waals surface area contributed by atoms with Gasteiger partial charge in [-0.15, -0.1) is 0 Å². The number of nitrogens with one attached hydrogen (secondary N) is 2. The molecular formula is C17H13ClN6. The molecule has 4 aromatic rings. The van der Waals surface area contributed by atoms with Crippen molar-refractivity contribution in [2.24, 2.45) is 0 Å². The van der Waals surface area contributed by atoms with Crippen molar-refractivity contribution >= 4 is 39.2 Å². The third kappa shape index (κ3) is 2.07. The zero-order valence-corrected chi connectivity index (χ0v) is 13.4. The standard InChI is InChI=1S/C17H13ClN6/c18-12-3-1-2-4-16(12)24-9-11(8-20-24)17-21-14-5-10-7-19-23-13(10)6-15(14)22-17/h3-9,19,23H,1-2H2. The van der Waals surface area contributed by atoms with Gasteiger partial charge in [0.15, 0.2) is 5.82 Å². The molecule has 3 heterocycles. The van der Waals surface area contributed by atoms with Gasteiger partial charge in [0.25, 0.3) is 0 Å². The van der Waals surface area contributed by atoms with E-state index in [1.165, 1.54) is 0 Å². The average molecular weight is 337 g/mol. The number of fused-ring (bicyclic) bond motifs is 2. The van der Waals surface area contributed by atoms with Gasteiger partial charge in [0, 0.05) is 17.8 Å². The summed E-state index contributed by atoms with van der Waals surface area (Å²) in [6.45, 7) is 0. The predicted molar refractivity (Wildman–Crippen MR) is 94.4 cm³/mol. The van der Waals surface area contributed by atoms with Crippen LogP contribution >= 0.6 is 11.6 Å². The van der Waals surface area contributed by atoms with Gasteiger partial charge in [0.2, 0.25) is 0 Å². The van der Waals surface area contributed by atoms with Crippen molar-refractivity contribution in [3.05, 3.63) is 47.9 Å². The van der Waals surface area contributed by atoms with Crippen LogP contribution in [0.25, 0.3) is 39.0 Å². The molecule has 2 N–H and O–H groups in total. The van der Waals surface area contributed by atoms with Gasteiger partial charge in [-0.05, 0) is 25.0 Å². The van der Waals surface area contributed by atoms with Gasteiger partial charge in [-0.1, -0.05) is 23.8 Å². The minimum absolute atomic E-state index is 0.671. The Balaban J connectivity index is 1.58. The normalized spacial score (nSPS) is 15.0.